The zero-order chi connectivity index (χ0) is 26.4. The van der Waals surface area contributed by atoms with Crippen molar-refractivity contribution < 1.29 is 27.9 Å². The summed E-state index contributed by atoms with van der Waals surface area (Å²) < 4.78 is 45.2. The highest BCUT2D eigenvalue weighted by Gasteiger charge is 2.59. The van der Waals surface area contributed by atoms with Gasteiger partial charge in [-0.15, -0.1) is 0 Å². The molecule has 11 heteroatoms. The zero-order valence-electron chi connectivity index (χ0n) is 20.0. The smallest absolute Gasteiger partial charge is 0.227 e. The van der Waals surface area contributed by atoms with Crippen molar-refractivity contribution in [2.45, 2.75) is 75.2 Å². The fourth-order valence-electron chi connectivity index (χ4n) is 6.38. The quantitative estimate of drug-likeness (QED) is 0.468. The highest BCUT2D eigenvalue weighted by atomic mass is 35.5. The van der Waals surface area contributed by atoms with Crippen molar-refractivity contribution in [2.75, 3.05) is 0 Å². The summed E-state index contributed by atoms with van der Waals surface area (Å²) in [4.78, 5) is 33.8. The Morgan fingerprint density at radius 2 is 1.84 bits per heavy atom. The molecule has 0 saturated heterocycles. The molecule has 0 aliphatic heterocycles. The van der Waals surface area contributed by atoms with Crippen LogP contribution < -0.4 is 10.6 Å². The van der Waals surface area contributed by atoms with Crippen LogP contribution in [0.2, 0.25) is 5.02 Å². The van der Waals surface area contributed by atoms with Crippen molar-refractivity contribution >= 4 is 23.4 Å². The second-order valence-electron chi connectivity index (χ2n) is 10.6. The van der Waals surface area contributed by atoms with Crippen LogP contribution in [0.1, 0.15) is 62.4 Å². The number of rotatable bonds is 7. The first-order valence-electron chi connectivity index (χ1n) is 12.5. The Kier molecular flexibility index (Phi) is 6.91. The average molecular weight is 537 g/mol. The number of aromatic nitrogens is 2. The number of benzene rings is 1. The first kappa shape index (κ1) is 25.9. The van der Waals surface area contributed by atoms with Gasteiger partial charge < -0.3 is 15.7 Å². The molecule has 3 fully saturated rings. The Hall–Kier alpha value is -2.72. The standard InChI is InChI=1S/C26H28ClF3N4O3/c27-15-2-3-16(28)21(22(15)29)23(25-4-6-26(30,13-25)7-5-25)34-24(37)14-10-17(18(35)11-14)33-20(36)12-19-31-8-1-9-32-19/h1-3,8-9,14,17-18,23,35H,4-7,10-13H2,(H,33,36)(H,34,37)/t14?,17-,18?,23?,25?,26?/m0/s1. The normalized spacial score (nSPS) is 31.3. The van der Waals surface area contributed by atoms with Gasteiger partial charge >= 0.3 is 0 Å². The number of amides is 2. The number of nitrogens with zero attached hydrogens (tertiary/aromatic N) is 2. The van der Waals surface area contributed by atoms with E-state index in [0.717, 1.165) is 12.1 Å². The Balaban J connectivity index is 1.32. The minimum atomic E-state index is -1.41. The lowest BCUT2D eigenvalue weighted by atomic mass is 9.74. The monoisotopic (exact) mass is 536 g/mol. The molecule has 3 saturated carbocycles. The lowest BCUT2D eigenvalue weighted by Crippen LogP contribution is -2.43. The summed E-state index contributed by atoms with van der Waals surface area (Å²) in [5, 5.41) is 15.8. The van der Waals surface area contributed by atoms with Crippen molar-refractivity contribution in [3.05, 3.63) is 58.6 Å². The average Bonchev–Trinajstić information content (AvgIpc) is 3.52. The number of carbonyl (C=O) groups is 2. The van der Waals surface area contributed by atoms with Crippen LogP contribution in [-0.2, 0) is 16.0 Å². The minimum Gasteiger partial charge on any atom is -0.391 e. The third-order valence-electron chi connectivity index (χ3n) is 8.26. The molecule has 3 aliphatic carbocycles. The van der Waals surface area contributed by atoms with Gasteiger partial charge in [-0.05, 0) is 68.6 Å². The molecule has 1 aromatic carbocycles. The van der Waals surface area contributed by atoms with Crippen LogP contribution in [-0.4, -0.2) is 44.7 Å². The summed E-state index contributed by atoms with van der Waals surface area (Å²) in [5.74, 6) is -3.12. The molecule has 2 amide bonds. The Labute approximate surface area is 217 Å². The van der Waals surface area contributed by atoms with Gasteiger partial charge in [-0.2, -0.15) is 0 Å². The van der Waals surface area contributed by atoms with E-state index in [1.165, 1.54) is 12.4 Å². The second kappa shape index (κ2) is 9.87. The van der Waals surface area contributed by atoms with Crippen LogP contribution >= 0.6 is 11.6 Å². The highest BCUT2D eigenvalue weighted by molar-refractivity contribution is 6.30. The third kappa shape index (κ3) is 5.05. The summed E-state index contributed by atoms with van der Waals surface area (Å²) >= 11 is 5.96. The first-order valence-corrected chi connectivity index (χ1v) is 12.8. The van der Waals surface area contributed by atoms with Crippen molar-refractivity contribution in [1.82, 2.24) is 20.6 Å². The molecule has 198 valence electrons. The molecule has 2 bridgehead atoms. The summed E-state index contributed by atoms with van der Waals surface area (Å²) in [7, 11) is 0. The first-order chi connectivity index (χ1) is 17.6. The van der Waals surface area contributed by atoms with E-state index in [0.29, 0.717) is 18.7 Å². The van der Waals surface area contributed by atoms with Gasteiger partial charge in [0.15, 0.2) is 0 Å². The van der Waals surface area contributed by atoms with Crippen molar-refractivity contribution in [3.63, 3.8) is 0 Å². The SMILES string of the molecule is O=C(Cc1ncccn1)N[C@H]1CC(C(=O)NC(c2c(F)ccc(Cl)c2F)C23CCC(F)(CC2)C3)CC1O. The Morgan fingerprint density at radius 1 is 1.14 bits per heavy atom. The fourth-order valence-corrected chi connectivity index (χ4v) is 6.54. The number of halogens is 4. The molecule has 3 unspecified atom stereocenters. The summed E-state index contributed by atoms with van der Waals surface area (Å²) in [6.45, 7) is 0. The molecule has 1 heterocycles. The van der Waals surface area contributed by atoms with E-state index in [9.17, 15) is 19.1 Å². The molecule has 0 radical (unpaired) electrons. The molecule has 1 aromatic heterocycles. The van der Waals surface area contributed by atoms with Gasteiger partial charge in [-0.1, -0.05) is 11.6 Å². The number of hydrogen-bond acceptors (Lipinski definition) is 5. The van der Waals surface area contributed by atoms with Gasteiger partial charge in [0, 0.05) is 23.9 Å². The fraction of sp³-hybridized carbons (Fsp3) is 0.538. The minimum absolute atomic E-state index is 0.0614. The molecule has 3 N–H and O–H groups in total. The molecule has 3 aliphatic rings. The van der Waals surface area contributed by atoms with E-state index in [1.807, 2.05) is 0 Å². The summed E-state index contributed by atoms with van der Waals surface area (Å²) in [6, 6.07) is 1.99. The predicted octanol–water partition coefficient (Wildman–Crippen LogP) is 3.74. The predicted molar refractivity (Wildman–Crippen MR) is 128 cm³/mol. The molecule has 37 heavy (non-hydrogen) atoms. The number of alkyl halides is 1. The molecular formula is C26H28ClF3N4O3. The van der Waals surface area contributed by atoms with Gasteiger partial charge in [-0.25, -0.2) is 23.1 Å². The van der Waals surface area contributed by atoms with E-state index in [1.54, 1.807) is 6.07 Å². The topological polar surface area (TPSA) is 104 Å². The summed E-state index contributed by atoms with van der Waals surface area (Å²) in [6.07, 6.45) is 3.58. The maximum absolute atomic E-state index is 15.1. The van der Waals surface area contributed by atoms with Crippen molar-refractivity contribution in [1.29, 1.82) is 0 Å². The maximum Gasteiger partial charge on any atom is 0.227 e. The van der Waals surface area contributed by atoms with Crippen LogP contribution in [0, 0.1) is 23.0 Å². The Bertz CT molecular complexity index is 1190. The third-order valence-corrected chi connectivity index (χ3v) is 8.55. The van der Waals surface area contributed by atoms with E-state index < -0.39 is 58.6 Å². The maximum atomic E-state index is 15.1. The van der Waals surface area contributed by atoms with Gasteiger partial charge in [0.05, 0.1) is 29.6 Å². The molecule has 0 spiro atoms. The zero-order valence-corrected chi connectivity index (χ0v) is 20.8. The van der Waals surface area contributed by atoms with Crippen LogP contribution in [0.3, 0.4) is 0 Å². The van der Waals surface area contributed by atoms with Crippen LogP contribution in [0.4, 0.5) is 13.2 Å². The van der Waals surface area contributed by atoms with Gasteiger partial charge in [-0.3, -0.25) is 9.59 Å². The highest BCUT2D eigenvalue weighted by Crippen LogP contribution is 2.63. The summed E-state index contributed by atoms with van der Waals surface area (Å²) in [5.41, 5.74) is -2.61. The van der Waals surface area contributed by atoms with Crippen LogP contribution in [0.15, 0.2) is 30.6 Å². The van der Waals surface area contributed by atoms with Crippen molar-refractivity contribution in [2.24, 2.45) is 11.3 Å². The van der Waals surface area contributed by atoms with E-state index in [-0.39, 0.29) is 49.1 Å². The number of carbonyl (C=O) groups excluding carboxylic acids is 2. The second-order valence-corrected chi connectivity index (χ2v) is 11.0. The van der Waals surface area contributed by atoms with Crippen LogP contribution in [0.5, 0.6) is 0 Å². The molecule has 2 aromatic rings. The number of fused-ring (bicyclic) bond motifs is 2. The lowest BCUT2D eigenvalue weighted by molar-refractivity contribution is -0.127. The van der Waals surface area contributed by atoms with Gasteiger partial charge in [0.1, 0.15) is 23.1 Å². The number of aliphatic hydroxyl groups is 1. The van der Waals surface area contributed by atoms with Crippen LogP contribution in [0.25, 0.3) is 0 Å². The number of hydrogen-bond donors (Lipinski definition) is 3. The Morgan fingerprint density at radius 3 is 2.49 bits per heavy atom. The van der Waals surface area contributed by atoms with Gasteiger partial charge in [0.2, 0.25) is 11.8 Å². The number of aliphatic hydroxyl groups excluding tert-OH is 1. The molecule has 5 rings (SSSR count). The number of nitrogens with one attached hydrogen (secondary N) is 2. The van der Waals surface area contributed by atoms with Crippen molar-refractivity contribution in [3.8, 4) is 0 Å². The van der Waals surface area contributed by atoms with E-state index in [4.69, 9.17) is 11.6 Å². The van der Waals surface area contributed by atoms with E-state index >= 15 is 8.78 Å². The molecular weight excluding hydrogens is 509 g/mol. The van der Waals surface area contributed by atoms with E-state index in [2.05, 4.69) is 20.6 Å². The molecule has 7 nitrogen and oxygen atoms in total. The largest absolute Gasteiger partial charge is 0.391 e. The lowest BCUT2D eigenvalue weighted by Gasteiger charge is -2.37. The molecule has 4 atom stereocenters. The van der Waals surface area contributed by atoms with Gasteiger partial charge in [0.25, 0.3) is 0 Å².